The number of hydrogen-bond donors (Lipinski definition) is 3. The number of nitrogens with one attached hydrogen (secondary N) is 2. The van der Waals surface area contributed by atoms with E-state index in [9.17, 15) is 14.4 Å². The van der Waals surface area contributed by atoms with Crippen molar-refractivity contribution in [3.8, 4) is 5.75 Å². The van der Waals surface area contributed by atoms with Crippen LogP contribution in [0, 0.1) is 6.92 Å². The molecule has 36 heavy (non-hydrogen) atoms. The molecule has 0 spiro atoms. The molecule has 3 aromatic carbocycles. The van der Waals surface area contributed by atoms with Gasteiger partial charge in [0.05, 0.1) is 17.3 Å². The lowest BCUT2D eigenvalue weighted by Gasteiger charge is -2.25. The number of aryl methyl sites for hydroxylation is 1. The number of benzene rings is 3. The van der Waals surface area contributed by atoms with Crippen LogP contribution in [0.25, 0.3) is 0 Å². The highest BCUT2D eigenvalue weighted by atomic mass is 35.5. The lowest BCUT2D eigenvalue weighted by Crippen LogP contribution is -2.49. The van der Waals surface area contributed by atoms with Crippen molar-refractivity contribution in [2.45, 2.75) is 25.4 Å². The fourth-order valence-electron chi connectivity index (χ4n) is 4.01. The maximum atomic E-state index is 13.4. The first-order valence-corrected chi connectivity index (χ1v) is 11.8. The van der Waals surface area contributed by atoms with E-state index >= 15 is 0 Å². The summed E-state index contributed by atoms with van der Waals surface area (Å²) < 4.78 is 5.36. The van der Waals surface area contributed by atoms with Crippen LogP contribution in [0.1, 0.15) is 22.7 Å². The number of rotatable bonds is 9. The molecule has 0 aromatic heterocycles. The number of hydrogen-bond acceptors (Lipinski definition) is 5. The summed E-state index contributed by atoms with van der Waals surface area (Å²) in [4.78, 5) is 40.9. The summed E-state index contributed by atoms with van der Waals surface area (Å²) in [6.45, 7) is 1.91. The van der Waals surface area contributed by atoms with E-state index < -0.39 is 29.9 Å². The summed E-state index contributed by atoms with van der Waals surface area (Å²) in [5.41, 5.74) is 2.67. The van der Waals surface area contributed by atoms with Gasteiger partial charge in [-0.05, 0) is 47.9 Å². The number of aliphatic hydroxyl groups is 1. The zero-order valence-corrected chi connectivity index (χ0v) is 20.4. The molecule has 0 radical (unpaired) electrons. The third-order valence-corrected chi connectivity index (χ3v) is 6.13. The SMILES string of the molecule is Cc1ccc(NC(=O)C(Cc2ccccc2)N2C(=O)N[C@H](c3ccc(OCCO)cc3)C2=O)c(Cl)c1. The van der Waals surface area contributed by atoms with Crippen LogP contribution < -0.4 is 15.4 Å². The molecule has 1 aliphatic heterocycles. The number of amides is 4. The molecular formula is C27H26ClN3O5. The highest BCUT2D eigenvalue weighted by molar-refractivity contribution is 6.33. The summed E-state index contributed by atoms with van der Waals surface area (Å²) >= 11 is 6.30. The standard InChI is InChI=1S/C27H26ClN3O5/c1-17-7-12-22(21(28)15-17)29-25(33)23(16-18-5-3-2-4-6-18)31-26(34)24(30-27(31)35)19-8-10-20(11-9-19)36-14-13-32/h2-12,15,23-24,32H,13-14,16H2,1H3,(H,29,33)(H,30,35)/t23?,24-/m1/s1. The van der Waals surface area contributed by atoms with Crippen LogP contribution >= 0.6 is 11.6 Å². The van der Waals surface area contributed by atoms with Gasteiger partial charge in [-0.3, -0.25) is 9.59 Å². The van der Waals surface area contributed by atoms with Crippen LogP contribution in [0.5, 0.6) is 5.75 Å². The molecule has 3 N–H and O–H groups in total. The predicted molar refractivity (Wildman–Crippen MR) is 136 cm³/mol. The van der Waals surface area contributed by atoms with Crippen LogP contribution in [0.4, 0.5) is 10.5 Å². The van der Waals surface area contributed by atoms with Gasteiger partial charge >= 0.3 is 6.03 Å². The van der Waals surface area contributed by atoms with Gasteiger partial charge < -0.3 is 20.5 Å². The number of carbonyl (C=O) groups is 3. The van der Waals surface area contributed by atoms with Crippen molar-refractivity contribution in [2.24, 2.45) is 0 Å². The van der Waals surface area contributed by atoms with Crippen molar-refractivity contribution in [3.05, 3.63) is 94.5 Å². The Kier molecular flexibility index (Phi) is 7.87. The number of carbonyl (C=O) groups excluding carboxylic acids is 3. The van der Waals surface area contributed by atoms with Crippen molar-refractivity contribution in [3.63, 3.8) is 0 Å². The molecule has 0 saturated carbocycles. The molecule has 1 unspecified atom stereocenters. The number of nitrogens with zero attached hydrogens (tertiary/aromatic N) is 1. The largest absolute Gasteiger partial charge is 0.491 e. The number of ether oxygens (including phenoxy) is 1. The molecule has 4 amide bonds. The number of anilines is 1. The van der Waals surface area contributed by atoms with Crippen LogP contribution in [0.2, 0.25) is 5.02 Å². The van der Waals surface area contributed by atoms with Gasteiger partial charge in [-0.2, -0.15) is 0 Å². The Bertz CT molecular complexity index is 1250. The van der Waals surface area contributed by atoms with Crippen LogP contribution in [-0.2, 0) is 16.0 Å². The fraction of sp³-hybridized carbons (Fsp3) is 0.222. The number of halogens is 1. The third kappa shape index (κ3) is 5.67. The predicted octanol–water partition coefficient (Wildman–Crippen LogP) is 3.86. The molecule has 2 atom stereocenters. The van der Waals surface area contributed by atoms with Gasteiger partial charge in [-0.15, -0.1) is 0 Å². The summed E-state index contributed by atoms with van der Waals surface area (Å²) in [5.74, 6) is -0.533. The molecule has 186 valence electrons. The molecule has 0 bridgehead atoms. The maximum Gasteiger partial charge on any atom is 0.325 e. The van der Waals surface area contributed by atoms with Gasteiger partial charge in [0.15, 0.2) is 0 Å². The minimum Gasteiger partial charge on any atom is -0.491 e. The van der Waals surface area contributed by atoms with E-state index in [4.69, 9.17) is 21.4 Å². The number of imide groups is 1. The first kappa shape index (κ1) is 25.2. The van der Waals surface area contributed by atoms with Crippen molar-refractivity contribution < 1.29 is 24.2 Å². The van der Waals surface area contributed by atoms with Crippen molar-refractivity contribution >= 4 is 35.1 Å². The molecule has 1 saturated heterocycles. The van der Waals surface area contributed by atoms with Crippen molar-refractivity contribution in [1.82, 2.24) is 10.2 Å². The quantitative estimate of drug-likeness (QED) is 0.381. The smallest absolute Gasteiger partial charge is 0.325 e. The second kappa shape index (κ2) is 11.2. The highest BCUT2D eigenvalue weighted by Gasteiger charge is 2.45. The van der Waals surface area contributed by atoms with E-state index in [1.54, 1.807) is 36.4 Å². The molecule has 4 rings (SSSR count). The maximum absolute atomic E-state index is 13.4. The van der Waals surface area contributed by atoms with E-state index in [0.29, 0.717) is 22.0 Å². The van der Waals surface area contributed by atoms with Gasteiger partial charge in [-0.25, -0.2) is 9.69 Å². The van der Waals surface area contributed by atoms with Gasteiger partial charge in [0.1, 0.15) is 24.4 Å². The zero-order valence-electron chi connectivity index (χ0n) is 19.6. The van der Waals surface area contributed by atoms with E-state index in [2.05, 4.69) is 10.6 Å². The minimum absolute atomic E-state index is 0.119. The normalized spacial score (nSPS) is 16.0. The average molecular weight is 508 g/mol. The van der Waals surface area contributed by atoms with Crippen molar-refractivity contribution in [1.29, 1.82) is 0 Å². The summed E-state index contributed by atoms with van der Waals surface area (Å²) in [7, 11) is 0. The van der Waals surface area contributed by atoms with Crippen LogP contribution in [0.3, 0.4) is 0 Å². The number of urea groups is 1. The minimum atomic E-state index is -1.10. The van der Waals surface area contributed by atoms with E-state index in [1.807, 2.05) is 43.3 Å². The Hall–Kier alpha value is -3.88. The molecule has 1 heterocycles. The molecule has 9 heteroatoms. The third-order valence-electron chi connectivity index (χ3n) is 5.81. The van der Waals surface area contributed by atoms with Crippen LogP contribution in [-0.4, -0.2) is 47.1 Å². The van der Waals surface area contributed by atoms with Crippen molar-refractivity contribution in [2.75, 3.05) is 18.5 Å². The lowest BCUT2D eigenvalue weighted by atomic mass is 10.0. The summed E-state index contributed by atoms with van der Waals surface area (Å²) in [5, 5.41) is 14.7. The molecule has 0 aliphatic carbocycles. The van der Waals surface area contributed by atoms with Gasteiger partial charge in [0, 0.05) is 6.42 Å². The Balaban J connectivity index is 1.60. The molecule has 8 nitrogen and oxygen atoms in total. The fourth-order valence-corrected chi connectivity index (χ4v) is 4.29. The Morgan fingerprint density at radius 2 is 1.83 bits per heavy atom. The monoisotopic (exact) mass is 507 g/mol. The molecular weight excluding hydrogens is 482 g/mol. The first-order valence-electron chi connectivity index (χ1n) is 11.5. The molecule has 1 aliphatic rings. The molecule has 1 fully saturated rings. The average Bonchev–Trinajstić information content (AvgIpc) is 3.17. The van der Waals surface area contributed by atoms with Gasteiger partial charge in [-0.1, -0.05) is 60.1 Å². The second-order valence-corrected chi connectivity index (χ2v) is 8.82. The number of aliphatic hydroxyl groups excluding tert-OH is 1. The Labute approximate surface area is 213 Å². The van der Waals surface area contributed by atoms with Gasteiger partial charge in [0.25, 0.3) is 5.91 Å². The summed E-state index contributed by atoms with van der Waals surface area (Å²) in [6.07, 6.45) is 0.135. The van der Waals surface area contributed by atoms with E-state index in [0.717, 1.165) is 16.0 Å². The van der Waals surface area contributed by atoms with E-state index in [1.165, 1.54) is 0 Å². The van der Waals surface area contributed by atoms with Gasteiger partial charge in [0.2, 0.25) is 5.91 Å². The Morgan fingerprint density at radius 1 is 1.11 bits per heavy atom. The molecule has 3 aromatic rings. The topological polar surface area (TPSA) is 108 Å². The van der Waals surface area contributed by atoms with E-state index in [-0.39, 0.29) is 19.6 Å². The first-order chi connectivity index (χ1) is 17.4. The lowest BCUT2D eigenvalue weighted by molar-refractivity contribution is -0.134. The van der Waals surface area contributed by atoms with Crippen LogP contribution in [0.15, 0.2) is 72.8 Å². The zero-order chi connectivity index (χ0) is 25.7. The Morgan fingerprint density at radius 3 is 2.50 bits per heavy atom. The second-order valence-electron chi connectivity index (χ2n) is 8.41. The summed E-state index contributed by atoms with van der Waals surface area (Å²) in [6, 6.07) is 18.3. The highest BCUT2D eigenvalue weighted by Crippen LogP contribution is 2.28.